The summed E-state index contributed by atoms with van der Waals surface area (Å²) in [5.74, 6) is 0.607. The van der Waals surface area contributed by atoms with E-state index in [1.807, 2.05) is 0 Å². The lowest BCUT2D eigenvalue weighted by atomic mass is 9.30. The van der Waals surface area contributed by atoms with Crippen molar-refractivity contribution >= 4 is 0 Å². The first kappa shape index (κ1) is 55.5. The fraction of sp³-hybridized carbons (Fsp3) is 1.00. The van der Waals surface area contributed by atoms with E-state index in [1.165, 1.54) is 6.92 Å². The van der Waals surface area contributed by atoms with Crippen LogP contribution in [0.2, 0.25) is 0 Å². The van der Waals surface area contributed by atoms with Crippen LogP contribution in [0.1, 0.15) is 113 Å². The van der Waals surface area contributed by atoms with Gasteiger partial charge >= 0.3 is 0 Å². The molecule has 0 amide bonds. The van der Waals surface area contributed by atoms with Gasteiger partial charge in [-0.1, -0.05) is 41.5 Å². The zero-order valence-corrected chi connectivity index (χ0v) is 43.4. The Morgan fingerprint density at radius 3 is 1.93 bits per heavy atom. The van der Waals surface area contributed by atoms with E-state index < -0.39 is 147 Å². The minimum atomic E-state index is -1.85. The summed E-state index contributed by atoms with van der Waals surface area (Å²) in [7, 11) is 0. The van der Waals surface area contributed by atoms with Crippen molar-refractivity contribution in [1.29, 1.82) is 0 Å². The van der Waals surface area contributed by atoms with Crippen molar-refractivity contribution in [3.05, 3.63) is 0 Å². The summed E-state index contributed by atoms with van der Waals surface area (Å²) in [5, 5.41) is 131. The SMILES string of the molecule is C[C@H]1O[C@@H](O[C@H]2CO[C@@H](O[C@H]3CC[C@]4(C)[C@H]5CC[C@]67OC[C@@]8(CC[C@](C)(CO)C[C@H]86)[C@H](O)C[C@@]7(C)[C@]5(C)CC[C@H]4C3(C)C)[C@H](O[C@@H]3O[C@H](CO)[C@@H](O)[C@H](O)[C@H]3O)[C@H]2O)[C@H](O[C@@H]2OC[C@@H](O)[C@H](O)[C@H]2O)[C@@H](O)[C@@H]1O. The van der Waals surface area contributed by atoms with Gasteiger partial charge in [0.2, 0.25) is 0 Å². The topological polar surface area (TPSA) is 326 Å². The predicted octanol–water partition coefficient (Wildman–Crippen LogP) is -1.07. The number of hydrogen-bond donors (Lipinski definition) is 12. The molecule has 420 valence electrons. The number of hydrogen-bond acceptors (Lipinski definition) is 21. The molecule has 5 saturated heterocycles. The Morgan fingerprint density at radius 1 is 0.548 bits per heavy atom. The molecule has 21 nitrogen and oxygen atoms in total. The molecular formula is C52H86O21. The first-order valence-electron chi connectivity index (χ1n) is 27.1. The van der Waals surface area contributed by atoms with Crippen LogP contribution >= 0.6 is 0 Å². The molecule has 1 spiro atoms. The highest BCUT2D eigenvalue weighted by atomic mass is 16.8. The zero-order valence-electron chi connectivity index (χ0n) is 43.4. The smallest absolute Gasteiger partial charge is 0.187 e. The summed E-state index contributed by atoms with van der Waals surface area (Å²) in [6.45, 7) is 14.5. The molecule has 5 saturated carbocycles. The highest BCUT2D eigenvalue weighted by Gasteiger charge is 2.80. The lowest BCUT2D eigenvalue weighted by Crippen LogP contribution is -2.74. The molecular weight excluding hydrogens is 961 g/mol. The lowest BCUT2D eigenvalue weighted by Gasteiger charge is -2.75. The molecule has 0 aromatic carbocycles. The normalized spacial score (nSPS) is 58.8. The Bertz CT molecular complexity index is 1970. The van der Waals surface area contributed by atoms with Gasteiger partial charge in [-0.2, -0.15) is 0 Å². The first-order valence-corrected chi connectivity index (χ1v) is 27.1. The standard InChI is InChI=1S/C52H86O21/c1-23-32(57)37(62)41(72-42-38(63)33(58)24(55)19-65-42)45(68-23)70-26-20-66-44(40(35(26)60)73-43-39(64)36(61)34(59)25(18-53)69-43)71-31-10-11-48(5)27(46(31,2)3)8-12-49(6)28(48)9-13-52-29-16-47(4,21-54)14-15-51(29,22-67-52)30(56)17-50(49,52)7/h23-45,53-64H,8-22H2,1-7H3/t23-,24-,25-,26+,27+,28-,29-,30-,31+,32-,33+,34-,35+,36+,37+,38-,39-,40-,41-,42+,43+,44+,45+,47+,48+,49-,50+,51-,52+/m1/s1. The molecule has 12 N–H and O–H groups in total. The van der Waals surface area contributed by atoms with Crippen LogP contribution in [-0.2, 0) is 42.6 Å². The van der Waals surface area contributed by atoms with Crippen LogP contribution in [0, 0.1) is 50.2 Å². The van der Waals surface area contributed by atoms with E-state index in [2.05, 4.69) is 41.5 Å². The van der Waals surface area contributed by atoms with Crippen LogP contribution in [0.4, 0.5) is 0 Å². The van der Waals surface area contributed by atoms with Crippen LogP contribution in [0.25, 0.3) is 0 Å². The molecule has 0 unspecified atom stereocenters. The molecule has 5 aliphatic heterocycles. The minimum Gasteiger partial charge on any atom is -0.396 e. The zero-order chi connectivity index (χ0) is 52.7. The van der Waals surface area contributed by atoms with E-state index in [1.54, 1.807) is 0 Å². The third kappa shape index (κ3) is 8.33. The number of fused-ring (bicyclic) bond motifs is 4. The van der Waals surface area contributed by atoms with Crippen LogP contribution in [-0.4, -0.2) is 223 Å². The number of rotatable bonds is 10. The highest BCUT2D eigenvalue weighted by molar-refractivity contribution is 5.28. The summed E-state index contributed by atoms with van der Waals surface area (Å²) in [6, 6.07) is 0. The summed E-state index contributed by atoms with van der Waals surface area (Å²) in [5.41, 5.74) is -2.05. The largest absolute Gasteiger partial charge is 0.396 e. The molecule has 10 aliphatic rings. The average molecular weight is 1050 g/mol. The van der Waals surface area contributed by atoms with Gasteiger partial charge in [-0.3, -0.25) is 0 Å². The van der Waals surface area contributed by atoms with Gasteiger partial charge in [-0.15, -0.1) is 0 Å². The third-order valence-electron chi connectivity index (χ3n) is 22.1. The van der Waals surface area contributed by atoms with Crippen LogP contribution in [0.5, 0.6) is 0 Å². The Kier molecular flexibility index (Phi) is 14.8. The van der Waals surface area contributed by atoms with Gasteiger partial charge in [-0.05, 0) is 111 Å². The van der Waals surface area contributed by atoms with Crippen LogP contribution in [0.3, 0.4) is 0 Å². The second-order valence-corrected chi connectivity index (χ2v) is 26.0. The monoisotopic (exact) mass is 1050 g/mol. The number of aliphatic hydroxyl groups excluding tert-OH is 12. The Labute approximate surface area is 427 Å². The summed E-state index contributed by atoms with van der Waals surface area (Å²) in [6.07, 6.45) is -20.9. The minimum absolute atomic E-state index is 0.116. The van der Waals surface area contributed by atoms with E-state index in [0.29, 0.717) is 25.4 Å². The molecule has 73 heavy (non-hydrogen) atoms. The van der Waals surface area contributed by atoms with E-state index in [-0.39, 0.29) is 52.1 Å². The summed E-state index contributed by atoms with van der Waals surface area (Å²) in [4.78, 5) is 0. The second kappa shape index (κ2) is 19.5. The first-order chi connectivity index (χ1) is 34.3. The van der Waals surface area contributed by atoms with E-state index in [0.717, 1.165) is 51.4 Å². The van der Waals surface area contributed by atoms with Gasteiger partial charge < -0.3 is 104 Å². The maximum Gasteiger partial charge on any atom is 0.187 e. The van der Waals surface area contributed by atoms with Gasteiger partial charge in [0.15, 0.2) is 25.2 Å². The molecule has 2 bridgehead atoms. The molecule has 29 atom stereocenters. The fourth-order valence-electron chi connectivity index (χ4n) is 17.4. The summed E-state index contributed by atoms with van der Waals surface area (Å²) >= 11 is 0. The third-order valence-corrected chi connectivity index (χ3v) is 22.1. The van der Waals surface area contributed by atoms with Gasteiger partial charge in [0, 0.05) is 17.4 Å². The second-order valence-electron chi connectivity index (χ2n) is 26.0. The van der Waals surface area contributed by atoms with E-state index in [4.69, 9.17) is 42.6 Å². The predicted molar refractivity (Wildman–Crippen MR) is 250 cm³/mol. The van der Waals surface area contributed by atoms with Gasteiger partial charge in [0.05, 0.1) is 50.3 Å². The van der Waals surface area contributed by atoms with Crippen molar-refractivity contribution < 1.29 is 104 Å². The van der Waals surface area contributed by atoms with Crippen LogP contribution < -0.4 is 0 Å². The van der Waals surface area contributed by atoms with Crippen molar-refractivity contribution in [3.8, 4) is 0 Å². The molecule has 10 fully saturated rings. The quantitative estimate of drug-likeness (QED) is 0.116. The lowest BCUT2D eigenvalue weighted by molar-refractivity contribution is -0.391. The summed E-state index contributed by atoms with van der Waals surface area (Å²) < 4.78 is 56.2. The molecule has 0 radical (unpaired) electrons. The maximum atomic E-state index is 12.3. The molecule has 5 heterocycles. The molecule has 0 aromatic rings. The van der Waals surface area contributed by atoms with Gasteiger partial charge in [0.1, 0.15) is 79.4 Å². The Morgan fingerprint density at radius 2 is 1.22 bits per heavy atom. The molecule has 0 aromatic heterocycles. The van der Waals surface area contributed by atoms with Crippen molar-refractivity contribution in [2.24, 2.45) is 50.2 Å². The van der Waals surface area contributed by atoms with E-state index in [9.17, 15) is 61.3 Å². The van der Waals surface area contributed by atoms with Gasteiger partial charge in [0.25, 0.3) is 0 Å². The van der Waals surface area contributed by atoms with Crippen molar-refractivity contribution in [3.63, 3.8) is 0 Å². The van der Waals surface area contributed by atoms with Crippen molar-refractivity contribution in [2.45, 2.75) is 241 Å². The average Bonchev–Trinajstić information content (AvgIpc) is 3.63. The van der Waals surface area contributed by atoms with Crippen LogP contribution in [0.15, 0.2) is 0 Å². The molecule has 10 rings (SSSR count). The number of aliphatic hydroxyl groups is 12. The van der Waals surface area contributed by atoms with E-state index >= 15 is 0 Å². The van der Waals surface area contributed by atoms with Crippen molar-refractivity contribution in [2.75, 3.05) is 33.0 Å². The Balaban J connectivity index is 0.896. The molecule has 21 heteroatoms. The maximum absolute atomic E-state index is 12.3. The highest BCUT2D eigenvalue weighted by Crippen LogP contribution is 2.80. The van der Waals surface area contributed by atoms with Gasteiger partial charge in [-0.25, -0.2) is 0 Å². The van der Waals surface area contributed by atoms with Crippen molar-refractivity contribution in [1.82, 2.24) is 0 Å². The molecule has 5 aliphatic carbocycles. The number of ether oxygens (including phenoxy) is 9. The fourth-order valence-corrected chi connectivity index (χ4v) is 17.4. The Hall–Kier alpha value is -0.840.